The molecule has 3 N–H and O–H groups in total. The Bertz CT molecular complexity index is 1860. The van der Waals surface area contributed by atoms with E-state index in [-0.39, 0.29) is 5.82 Å². The van der Waals surface area contributed by atoms with Gasteiger partial charge < -0.3 is 24.6 Å². The highest BCUT2D eigenvalue weighted by molar-refractivity contribution is 5.84. The maximum atomic E-state index is 13.8. The number of rotatable bonds is 9. The van der Waals surface area contributed by atoms with Gasteiger partial charge in [0.05, 0.1) is 12.6 Å². The Morgan fingerprint density at radius 1 is 0.884 bits per heavy atom. The number of benzene rings is 3. The van der Waals surface area contributed by atoms with Gasteiger partial charge in [0.1, 0.15) is 17.2 Å². The number of aromatic amines is 2. The lowest BCUT2D eigenvalue weighted by Crippen LogP contribution is -2.37. The van der Waals surface area contributed by atoms with Crippen LogP contribution in [-0.4, -0.2) is 36.4 Å². The van der Waals surface area contributed by atoms with E-state index in [1.54, 1.807) is 12.1 Å². The molecule has 0 unspecified atom stereocenters. The SMILES string of the molecule is CC(C)(C)OC(=O)N[C@H](Cc1c[nH]c2ccccc12)c1nnc(CCc2c[nH]c3ccccc23)n1Cc1ccc(F)cc1. The predicted octanol–water partition coefficient (Wildman–Crippen LogP) is 7.02. The van der Waals surface area contributed by atoms with Crippen molar-refractivity contribution >= 4 is 27.9 Å². The average Bonchev–Trinajstić information content (AvgIpc) is 3.69. The number of alkyl carbamates (subject to hydrolysis) is 1. The standard InChI is InChI=1S/C34H35FN6O2/c1-34(2,3)43-33(42)38-30(18-24-20-37-29-11-7-5-9-27(24)29)32-40-39-31(41(32)21-22-12-15-25(35)16-13-22)17-14-23-19-36-28-10-6-4-8-26(23)28/h4-13,15-16,19-20,30,36-37H,14,17-18,21H2,1-3H3,(H,38,42)/t30-/m1/s1. The highest BCUT2D eigenvalue weighted by Gasteiger charge is 2.27. The molecule has 220 valence electrons. The Kier molecular flexibility index (Phi) is 7.71. The third-order valence-electron chi connectivity index (χ3n) is 7.50. The van der Waals surface area contributed by atoms with Crippen LogP contribution in [0, 0.1) is 5.82 Å². The van der Waals surface area contributed by atoms with Crippen molar-refractivity contribution in [2.75, 3.05) is 0 Å². The molecule has 6 aromatic rings. The van der Waals surface area contributed by atoms with Crippen LogP contribution in [0.3, 0.4) is 0 Å². The minimum Gasteiger partial charge on any atom is -0.444 e. The smallest absolute Gasteiger partial charge is 0.408 e. The van der Waals surface area contributed by atoms with E-state index in [9.17, 15) is 9.18 Å². The lowest BCUT2D eigenvalue weighted by Gasteiger charge is -2.24. The number of amides is 1. The number of H-pyrrole nitrogens is 2. The number of hydrogen-bond donors (Lipinski definition) is 3. The minimum absolute atomic E-state index is 0.295. The Morgan fingerprint density at radius 3 is 2.19 bits per heavy atom. The normalized spacial score (nSPS) is 12.6. The monoisotopic (exact) mass is 578 g/mol. The van der Waals surface area contributed by atoms with E-state index >= 15 is 0 Å². The molecule has 0 radical (unpaired) electrons. The number of para-hydroxylation sites is 2. The molecule has 1 amide bonds. The van der Waals surface area contributed by atoms with Crippen molar-refractivity contribution in [1.82, 2.24) is 30.0 Å². The van der Waals surface area contributed by atoms with E-state index in [4.69, 9.17) is 4.74 Å². The first kappa shape index (κ1) is 28.2. The van der Waals surface area contributed by atoms with E-state index < -0.39 is 17.7 Å². The molecule has 1 atom stereocenters. The molecule has 0 aliphatic heterocycles. The quantitative estimate of drug-likeness (QED) is 0.172. The van der Waals surface area contributed by atoms with Crippen molar-refractivity contribution in [3.8, 4) is 0 Å². The topological polar surface area (TPSA) is 101 Å². The number of nitrogens with one attached hydrogen (secondary N) is 3. The zero-order valence-electron chi connectivity index (χ0n) is 24.5. The Morgan fingerprint density at radius 2 is 1.51 bits per heavy atom. The molecular formula is C34H35FN6O2. The van der Waals surface area contributed by atoms with Crippen LogP contribution in [0.4, 0.5) is 9.18 Å². The molecule has 0 aliphatic carbocycles. The van der Waals surface area contributed by atoms with Gasteiger partial charge in [0.25, 0.3) is 0 Å². The van der Waals surface area contributed by atoms with Crippen molar-refractivity contribution in [2.45, 2.75) is 58.2 Å². The fourth-order valence-corrected chi connectivity index (χ4v) is 5.50. The molecule has 0 spiro atoms. The van der Waals surface area contributed by atoms with Gasteiger partial charge in [-0.2, -0.15) is 0 Å². The second-order valence-electron chi connectivity index (χ2n) is 11.8. The first-order chi connectivity index (χ1) is 20.7. The van der Waals surface area contributed by atoms with Crippen molar-refractivity contribution in [3.63, 3.8) is 0 Å². The number of aryl methyl sites for hydroxylation is 2. The van der Waals surface area contributed by atoms with Gasteiger partial charge in [-0.3, -0.25) is 0 Å². The second-order valence-corrected chi connectivity index (χ2v) is 11.8. The Balaban J connectivity index is 1.37. The Hall–Kier alpha value is -4.92. The van der Waals surface area contributed by atoms with Gasteiger partial charge in [0.2, 0.25) is 0 Å². The van der Waals surface area contributed by atoms with E-state index in [1.165, 1.54) is 23.1 Å². The fraction of sp³-hybridized carbons (Fsp3) is 0.265. The molecule has 0 fully saturated rings. The maximum absolute atomic E-state index is 13.8. The zero-order valence-corrected chi connectivity index (χ0v) is 24.5. The molecule has 3 aromatic carbocycles. The maximum Gasteiger partial charge on any atom is 0.408 e. The molecule has 6 rings (SSSR count). The van der Waals surface area contributed by atoms with Gasteiger partial charge in [-0.1, -0.05) is 48.5 Å². The molecule has 3 aromatic heterocycles. The van der Waals surface area contributed by atoms with Crippen molar-refractivity contribution in [3.05, 3.63) is 119 Å². The van der Waals surface area contributed by atoms with Crippen LogP contribution in [0.5, 0.6) is 0 Å². The van der Waals surface area contributed by atoms with E-state index in [0.29, 0.717) is 25.2 Å². The number of carbonyl (C=O) groups excluding carboxylic acids is 1. The van der Waals surface area contributed by atoms with Crippen LogP contribution in [0.2, 0.25) is 0 Å². The van der Waals surface area contributed by atoms with Gasteiger partial charge in [-0.15, -0.1) is 10.2 Å². The summed E-state index contributed by atoms with van der Waals surface area (Å²) >= 11 is 0. The van der Waals surface area contributed by atoms with E-state index in [2.05, 4.69) is 43.7 Å². The van der Waals surface area contributed by atoms with Crippen LogP contribution < -0.4 is 5.32 Å². The summed E-state index contributed by atoms with van der Waals surface area (Å²) in [5, 5.41) is 14.6. The molecule has 43 heavy (non-hydrogen) atoms. The van der Waals surface area contributed by atoms with Gasteiger partial charge in [-0.05, 0) is 68.1 Å². The number of fused-ring (bicyclic) bond motifs is 2. The molecule has 0 saturated carbocycles. The van der Waals surface area contributed by atoms with Gasteiger partial charge >= 0.3 is 6.09 Å². The summed E-state index contributed by atoms with van der Waals surface area (Å²) in [7, 11) is 0. The highest BCUT2D eigenvalue weighted by atomic mass is 19.1. The van der Waals surface area contributed by atoms with Gasteiger partial charge in [0, 0.05) is 47.0 Å². The van der Waals surface area contributed by atoms with Crippen LogP contribution in [0.1, 0.15) is 55.2 Å². The van der Waals surface area contributed by atoms with Crippen LogP contribution in [0.15, 0.2) is 85.2 Å². The second kappa shape index (κ2) is 11.8. The lowest BCUT2D eigenvalue weighted by molar-refractivity contribution is 0.0500. The first-order valence-electron chi connectivity index (χ1n) is 14.5. The van der Waals surface area contributed by atoms with Gasteiger partial charge in [0.15, 0.2) is 5.82 Å². The predicted molar refractivity (Wildman–Crippen MR) is 165 cm³/mol. The molecule has 0 bridgehead atoms. The third-order valence-corrected chi connectivity index (χ3v) is 7.50. The summed E-state index contributed by atoms with van der Waals surface area (Å²) in [5.41, 5.74) is 4.57. The number of ether oxygens (including phenoxy) is 1. The zero-order chi connectivity index (χ0) is 30.0. The largest absolute Gasteiger partial charge is 0.444 e. The van der Waals surface area contributed by atoms with Crippen molar-refractivity contribution < 1.29 is 13.9 Å². The molecule has 3 heterocycles. The van der Waals surface area contributed by atoms with Gasteiger partial charge in [-0.25, -0.2) is 9.18 Å². The van der Waals surface area contributed by atoms with Crippen molar-refractivity contribution in [1.29, 1.82) is 0 Å². The van der Waals surface area contributed by atoms with Crippen LogP contribution in [-0.2, 0) is 30.5 Å². The van der Waals surface area contributed by atoms with Crippen molar-refractivity contribution in [2.24, 2.45) is 0 Å². The lowest BCUT2D eigenvalue weighted by atomic mass is 10.0. The number of aromatic nitrogens is 5. The number of carbonyl (C=O) groups is 1. The first-order valence-corrected chi connectivity index (χ1v) is 14.5. The highest BCUT2D eigenvalue weighted by Crippen LogP contribution is 2.27. The summed E-state index contributed by atoms with van der Waals surface area (Å²) < 4.78 is 21.5. The molecule has 9 heteroatoms. The third kappa shape index (κ3) is 6.45. The molecule has 0 aliphatic rings. The fourth-order valence-electron chi connectivity index (χ4n) is 5.50. The number of halogens is 1. The van der Waals surface area contributed by atoms with Crippen LogP contribution >= 0.6 is 0 Å². The number of hydrogen-bond acceptors (Lipinski definition) is 4. The summed E-state index contributed by atoms with van der Waals surface area (Å²) in [6.45, 7) is 5.93. The summed E-state index contributed by atoms with van der Waals surface area (Å²) in [5.74, 6) is 1.09. The summed E-state index contributed by atoms with van der Waals surface area (Å²) in [6, 6.07) is 22.2. The van der Waals surface area contributed by atoms with E-state index in [1.807, 2.05) is 68.1 Å². The minimum atomic E-state index is -0.665. The summed E-state index contributed by atoms with van der Waals surface area (Å²) in [6.07, 6.45) is 5.31. The summed E-state index contributed by atoms with van der Waals surface area (Å²) in [4.78, 5) is 19.8. The molecule has 8 nitrogen and oxygen atoms in total. The average molecular weight is 579 g/mol. The molecular weight excluding hydrogens is 543 g/mol. The van der Waals surface area contributed by atoms with Crippen LogP contribution in [0.25, 0.3) is 21.8 Å². The Labute approximate surface area is 249 Å². The van der Waals surface area contributed by atoms with E-state index in [0.717, 1.165) is 39.8 Å². The molecule has 0 saturated heterocycles. The number of nitrogens with zero attached hydrogens (tertiary/aromatic N) is 3.